The Kier molecular flexibility index (Phi) is 4.61. The van der Waals surface area contributed by atoms with Crippen molar-refractivity contribution in [3.63, 3.8) is 0 Å². The second-order valence-electron chi connectivity index (χ2n) is 6.76. The third-order valence-corrected chi connectivity index (χ3v) is 5.09. The first kappa shape index (κ1) is 17.9. The molecule has 1 atom stereocenters. The number of hydrogen-bond acceptors (Lipinski definition) is 4. The molecule has 0 aliphatic carbocycles. The molecule has 0 amide bonds. The molecule has 1 saturated heterocycles. The normalized spacial score (nSPS) is 18.9. The van der Waals surface area contributed by atoms with Gasteiger partial charge < -0.3 is 9.88 Å². The summed E-state index contributed by atoms with van der Waals surface area (Å²) in [6.07, 6.45) is -0.817. The summed E-state index contributed by atoms with van der Waals surface area (Å²) in [5, 5.41) is 3.40. The molecule has 1 N–H and O–H groups in total. The van der Waals surface area contributed by atoms with Gasteiger partial charge in [-0.05, 0) is 35.9 Å². The van der Waals surface area contributed by atoms with E-state index in [9.17, 15) is 13.2 Å². The summed E-state index contributed by atoms with van der Waals surface area (Å²) < 4.78 is 40.8. The first-order valence-electron chi connectivity index (χ1n) is 8.81. The van der Waals surface area contributed by atoms with Crippen LogP contribution in [0.15, 0.2) is 42.7 Å². The molecule has 5 nitrogen and oxygen atoms in total. The number of aryl methyl sites for hydroxylation is 1. The van der Waals surface area contributed by atoms with E-state index in [0.29, 0.717) is 17.6 Å². The van der Waals surface area contributed by atoms with Crippen LogP contribution in [0, 0.1) is 0 Å². The van der Waals surface area contributed by atoms with E-state index in [-0.39, 0.29) is 6.04 Å². The summed E-state index contributed by atoms with van der Waals surface area (Å²) in [4.78, 5) is 10.9. The molecule has 1 fully saturated rings. The Balaban J connectivity index is 1.64. The first-order chi connectivity index (χ1) is 12.9. The monoisotopic (exact) mass is 375 g/mol. The SMILES string of the molecule is Cn1c(CN2CCNCC2c2ccncc2)nc2cc(C(F)(F)F)ccc21. The first-order valence-corrected chi connectivity index (χ1v) is 8.81. The molecule has 2 aromatic heterocycles. The highest BCUT2D eigenvalue weighted by molar-refractivity contribution is 5.77. The Morgan fingerprint density at radius 2 is 1.96 bits per heavy atom. The summed E-state index contributed by atoms with van der Waals surface area (Å²) >= 11 is 0. The molecule has 0 bridgehead atoms. The molecule has 3 heterocycles. The topological polar surface area (TPSA) is 46.0 Å². The van der Waals surface area contributed by atoms with Crippen molar-refractivity contribution in [2.24, 2.45) is 7.05 Å². The van der Waals surface area contributed by atoms with Gasteiger partial charge >= 0.3 is 6.18 Å². The highest BCUT2D eigenvalue weighted by Gasteiger charge is 2.31. The van der Waals surface area contributed by atoms with Crippen LogP contribution in [0.3, 0.4) is 0 Å². The molecule has 4 rings (SSSR count). The van der Waals surface area contributed by atoms with E-state index in [1.54, 1.807) is 12.4 Å². The molecule has 1 aromatic carbocycles. The second-order valence-corrected chi connectivity index (χ2v) is 6.76. The highest BCUT2D eigenvalue weighted by atomic mass is 19.4. The molecule has 1 aliphatic rings. The third-order valence-electron chi connectivity index (χ3n) is 5.09. The number of imidazole rings is 1. The van der Waals surface area contributed by atoms with Gasteiger partial charge in [-0.3, -0.25) is 9.88 Å². The predicted octanol–water partition coefficient (Wildman–Crippen LogP) is 3.13. The van der Waals surface area contributed by atoms with E-state index < -0.39 is 11.7 Å². The molecule has 3 aromatic rings. The van der Waals surface area contributed by atoms with Crippen LogP contribution in [-0.2, 0) is 19.8 Å². The van der Waals surface area contributed by atoms with Crippen LogP contribution in [-0.4, -0.2) is 39.1 Å². The van der Waals surface area contributed by atoms with Crippen molar-refractivity contribution in [3.8, 4) is 0 Å². The number of benzene rings is 1. The van der Waals surface area contributed by atoms with Crippen molar-refractivity contribution in [2.75, 3.05) is 19.6 Å². The largest absolute Gasteiger partial charge is 0.416 e. The van der Waals surface area contributed by atoms with Crippen LogP contribution in [0.2, 0.25) is 0 Å². The van der Waals surface area contributed by atoms with Gasteiger partial charge in [-0.1, -0.05) is 0 Å². The van der Waals surface area contributed by atoms with E-state index in [2.05, 4.69) is 20.2 Å². The molecule has 27 heavy (non-hydrogen) atoms. The Bertz CT molecular complexity index is 936. The number of halogens is 3. The third kappa shape index (κ3) is 3.54. The van der Waals surface area contributed by atoms with Crippen molar-refractivity contribution in [2.45, 2.75) is 18.8 Å². The van der Waals surface area contributed by atoms with Crippen molar-refractivity contribution in [1.82, 2.24) is 24.8 Å². The van der Waals surface area contributed by atoms with Crippen molar-refractivity contribution < 1.29 is 13.2 Å². The van der Waals surface area contributed by atoms with Gasteiger partial charge in [0.2, 0.25) is 0 Å². The van der Waals surface area contributed by atoms with Crippen LogP contribution in [0.4, 0.5) is 13.2 Å². The van der Waals surface area contributed by atoms with E-state index in [4.69, 9.17) is 0 Å². The maximum absolute atomic E-state index is 13.0. The number of alkyl halides is 3. The molecule has 142 valence electrons. The van der Waals surface area contributed by atoms with Gasteiger partial charge in [0.25, 0.3) is 0 Å². The van der Waals surface area contributed by atoms with Crippen LogP contribution in [0.1, 0.15) is 23.0 Å². The summed E-state index contributed by atoms with van der Waals surface area (Å²) in [5.41, 5.74) is 1.57. The maximum atomic E-state index is 13.0. The summed E-state index contributed by atoms with van der Waals surface area (Å²) in [5.74, 6) is 0.755. The Morgan fingerprint density at radius 1 is 1.19 bits per heavy atom. The number of fused-ring (bicyclic) bond motifs is 1. The van der Waals surface area contributed by atoms with Crippen LogP contribution < -0.4 is 5.32 Å². The van der Waals surface area contributed by atoms with Gasteiger partial charge in [0.05, 0.1) is 23.1 Å². The fourth-order valence-corrected chi connectivity index (χ4v) is 3.60. The van der Waals surface area contributed by atoms with E-state index in [1.807, 2.05) is 23.7 Å². The number of aromatic nitrogens is 3. The van der Waals surface area contributed by atoms with Gasteiger partial charge in [0.15, 0.2) is 0 Å². The number of pyridine rings is 1. The van der Waals surface area contributed by atoms with Crippen LogP contribution >= 0.6 is 0 Å². The number of rotatable bonds is 3. The second kappa shape index (κ2) is 6.94. The summed E-state index contributed by atoms with van der Waals surface area (Å²) in [7, 11) is 1.85. The lowest BCUT2D eigenvalue weighted by molar-refractivity contribution is -0.137. The lowest BCUT2D eigenvalue weighted by Crippen LogP contribution is -2.45. The lowest BCUT2D eigenvalue weighted by Gasteiger charge is -2.36. The predicted molar refractivity (Wildman–Crippen MR) is 96.0 cm³/mol. The van der Waals surface area contributed by atoms with Gasteiger partial charge in [-0.15, -0.1) is 0 Å². The number of hydrogen-bond donors (Lipinski definition) is 1. The zero-order valence-electron chi connectivity index (χ0n) is 14.9. The van der Waals surface area contributed by atoms with Gasteiger partial charge in [-0.2, -0.15) is 13.2 Å². The number of nitrogens with one attached hydrogen (secondary N) is 1. The minimum absolute atomic E-state index is 0.173. The fraction of sp³-hybridized carbons (Fsp3) is 0.368. The average Bonchev–Trinajstić information content (AvgIpc) is 2.97. The fourth-order valence-electron chi connectivity index (χ4n) is 3.60. The standard InChI is InChI=1S/C19H20F3N5/c1-26-16-3-2-14(19(20,21)22)10-15(16)25-18(26)12-27-9-8-24-11-17(27)13-4-6-23-7-5-13/h2-7,10,17,24H,8-9,11-12H2,1H3. The Labute approximate surface area is 154 Å². The zero-order valence-corrected chi connectivity index (χ0v) is 14.9. The van der Waals surface area contributed by atoms with Gasteiger partial charge in [0.1, 0.15) is 5.82 Å². The maximum Gasteiger partial charge on any atom is 0.416 e. The van der Waals surface area contributed by atoms with E-state index >= 15 is 0 Å². The lowest BCUT2D eigenvalue weighted by atomic mass is 10.0. The molecule has 0 spiro atoms. The summed E-state index contributed by atoms with van der Waals surface area (Å²) in [6.45, 7) is 3.08. The smallest absolute Gasteiger partial charge is 0.330 e. The van der Waals surface area contributed by atoms with Gasteiger partial charge in [0, 0.05) is 45.1 Å². The van der Waals surface area contributed by atoms with Crippen molar-refractivity contribution in [3.05, 3.63) is 59.7 Å². The Morgan fingerprint density at radius 3 is 2.70 bits per heavy atom. The molecule has 0 radical (unpaired) electrons. The molecule has 1 aliphatic heterocycles. The Hall–Kier alpha value is -2.45. The van der Waals surface area contributed by atoms with Crippen molar-refractivity contribution in [1.29, 1.82) is 0 Å². The minimum Gasteiger partial charge on any atom is -0.330 e. The molecule has 0 saturated carbocycles. The van der Waals surface area contributed by atoms with E-state index in [0.717, 1.165) is 43.2 Å². The average molecular weight is 375 g/mol. The van der Waals surface area contributed by atoms with Crippen LogP contribution in [0.25, 0.3) is 11.0 Å². The molecule has 1 unspecified atom stereocenters. The van der Waals surface area contributed by atoms with Crippen LogP contribution in [0.5, 0.6) is 0 Å². The minimum atomic E-state index is -4.36. The quantitative estimate of drug-likeness (QED) is 0.764. The van der Waals surface area contributed by atoms with E-state index in [1.165, 1.54) is 6.07 Å². The molecular weight excluding hydrogens is 355 g/mol. The molecular formula is C19H20F3N5. The zero-order chi connectivity index (χ0) is 19.0. The summed E-state index contributed by atoms with van der Waals surface area (Å²) in [6, 6.07) is 7.89. The van der Waals surface area contributed by atoms with Crippen molar-refractivity contribution >= 4 is 11.0 Å². The molecule has 8 heteroatoms. The number of nitrogens with zero attached hydrogens (tertiary/aromatic N) is 4. The highest BCUT2D eigenvalue weighted by Crippen LogP contribution is 2.32. The van der Waals surface area contributed by atoms with Gasteiger partial charge in [-0.25, -0.2) is 4.98 Å². The number of piperazine rings is 1.